The van der Waals surface area contributed by atoms with Crippen molar-refractivity contribution in [2.24, 2.45) is 5.73 Å². The Morgan fingerprint density at radius 3 is 2.62 bits per heavy atom. The van der Waals surface area contributed by atoms with Gasteiger partial charge in [0.25, 0.3) is 5.91 Å². The van der Waals surface area contributed by atoms with Crippen molar-refractivity contribution < 1.29 is 19.0 Å². The van der Waals surface area contributed by atoms with E-state index in [0.717, 1.165) is 12.0 Å². The van der Waals surface area contributed by atoms with Crippen LogP contribution in [0.25, 0.3) is 0 Å². The van der Waals surface area contributed by atoms with Crippen LogP contribution in [0.15, 0.2) is 18.2 Å². The second-order valence-corrected chi connectivity index (χ2v) is 4.62. The molecule has 0 aliphatic carbocycles. The summed E-state index contributed by atoms with van der Waals surface area (Å²) < 4.78 is 15.7. The van der Waals surface area contributed by atoms with Crippen LogP contribution in [0.2, 0.25) is 0 Å². The molecular formula is C15H24N2O4. The fraction of sp³-hybridized carbons (Fsp3) is 0.533. The van der Waals surface area contributed by atoms with E-state index in [4.69, 9.17) is 19.9 Å². The van der Waals surface area contributed by atoms with Crippen molar-refractivity contribution in [3.63, 3.8) is 0 Å². The minimum atomic E-state index is -0.592. The number of carbonyl (C=O) groups excluding carboxylic acids is 1. The van der Waals surface area contributed by atoms with Gasteiger partial charge in [-0.3, -0.25) is 4.79 Å². The molecule has 1 aromatic carbocycles. The number of nitrogens with two attached hydrogens (primary N) is 1. The van der Waals surface area contributed by atoms with E-state index in [9.17, 15) is 4.79 Å². The lowest BCUT2D eigenvalue weighted by Gasteiger charge is -2.16. The fourth-order valence-electron chi connectivity index (χ4n) is 1.76. The van der Waals surface area contributed by atoms with Gasteiger partial charge >= 0.3 is 0 Å². The highest BCUT2D eigenvalue weighted by atomic mass is 16.5. The first-order chi connectivity index (χ1) is 10.1. The largest absolute Gasteiger partial charge is 0.497 e. The second-order valence-electron chi connectivity index (χ2n) is 4.62. The van der Waals surface area contributed by atoms with Crippen molar-refractivity contribution in [3.05, 3.63) is 23.8 Å². The molecule has 21 heavy (non-hydrogen) atoms. The molecule has 1 unspecified atom stereocenters. The van der Waals surface area contributed by atoms with E-state index < -0.39 is 6.10 Å². The van der Waals surface area contributed by atoms with Crippen LogP contribution in [-0.2, 0) is 16.1 Å². The summed E-state index contributed by atoms with van der Waals surface area (Å²) >= 11 is 0. The van der Waals surface area contributed by atoms with Gasteiger partial charge < -0.3 is 25.3 Å². The molecule has 6 nitrogen and oxygen atoms in total. The first-order valence-electron chi connectivity index (χ1n) is 6.92. The standard InChI is InChI=1S/C15H24N2O4/c1-11(15(18)17-5-4-6-19-2)21-14-8-12(10-16)7-13(9-14)20-3/h7-9,11H,4-6,10,16H2,1-3H3,(H,17,18). The van der Waals surface area contributed by atoms with Gasteiger partial charge in [0.1, 0.15) is 11.5 Å². The van der Waals surface area contributed by atoms with Crippen molar-refractivity contribution in [2.45, 2.75) is 26.0 Å². The molecule has 0 bridgehead atoms. The Morgan fingerprint density at radius 1 is 1.29 bits per heavy atom. The maximum Gasteiger partial charge on any atom is 0.260 e. The van der Waals surface area contributed by atoms with Crippen LogP contribution in [-0.4, -0.2) is 39.4 Å². The van der Waals surface area contributed by atoms with Crippen molar-refractivity contribution in [3.8, 4) is 11.5 Å². The summed E-state index contributed by atoms with van der Waals surface area (Å²) in [6.45, 7) is 3.26. The molecule has 0 spiro atoms. The fourth-order valence-corrected chi connectivity index (χ4v) is 1.76. The van der Waals surface area contributed by atoms with Gasteiger partial charge in [0, 0.05) is 32.9 Å². The molecule has 6 heteroatoms. The van der Waals surface area contributed by atoms with Gasteiger partial charge in [0.2, 0.25) is 0 Å². The Morgan fingerprint density at radius 2 is 2.00 bits per heavy atom. The monoisotopic (exact) mass is 296 g/mol. The molecule has 0 fully saturated rings. The maximum absolute atomic E-state index is 11.9. The minimum absolute atomic E-state index is 0.164. The zero-order valence-electron chi connectivity index (χ0n) is 12.8. The molecule has 118 valence electrons. The van der Waals surface area contributed by atoms with Crippen LogP contribution >= 0.6 is 0 Å². The van der Waals surface area contributed by atoms with Crippen LogP contribution in [0, 0.1) is 0 Å². The number of ether oxygens (including phenoxy) is 3. The van der Waals surface area contributed by atoms with E-state index in [1.165, 1.54) is 0 Å². The summed E-state index contributed by atoms with van der Waals surface area (Å²) in [7, 11) is 3.21. The summed E-state index contributed by atoms with van der Waals surface area (Å²) in [5.41, 5.74) is 6.51. The number of amides is 1. The third-order valence-corrected chi connectivity index (χ3v) is 2.92. The first-order valence-corrected chi connectivity index (χ1v) is 6.92. The highest BCUT2D eigenvalue weighted by molar-refractivity contribution is 5.80. The molecule has 0 saturated heterocycles. The van der Waals surface area contributed by atoms with Gasteiger partial charge in [0.05, 0.1) is 7.11 Å². The molecule has 1 amide bonds. The Balaban J connectivity index is 2.56. The quantitative estimate of drug-likeness (QED) is 0.666. The Hall–Kier alpha value is -1.79. The molecular weight excluding hydrogens is 272 g/mol. The van der Waals surface area contributed by atoms with Crippen molar-refractivity contribution in [1.29, 1.82) is 0 Å². The van der Waals surface area contributed by atoms with Crippen molar-refractivity contribution in [1.82, 2.24) is 5.32 Å². The number of hydrogen-bond acceptors (Lipinski definition) is 5. The van der Waals surface area contributed by atoms with Gasteiger partial charge in [-0.15, -0.1) is 0 Å². The normalized spacial score (nSPS) is 11.8. The molecule has 1 rings (SSSR count). The molecule has 0 aliphatic heterocycles. The summed E-state index contributed by atoms with van der Waals surface area (Å²) in [5.74, 6) is 1.05. The van der Waals surface area contributed by atoms with Crippen LogP contribution in [0.3, 0.4) is 0 Å². The third-order valence-electron chi connectivity index (χ3n) is 2.92. The maximum atomic E-state index is 11.9. The number of carbonyl (C=O) groups is 1. The van der Waals surface area contributed by atoms with Gasteiger partial charge in [-0.1, -0.05) is 0 Å². The van der Waals surface area contributed by atoms with Crippen LogP contribution < -0.4 is 20.5 Å². The van der Waals surface area contributed by atoms with E-state index in [0.29, 0.717) is 31.2 Å². The van der Waals surface area contributed by atoms with Crippen molar-refractivity contribution >= 4 is 5.91 Å². The second kappa shape index (κ2) is 9.20. The summed E-state index contributed by atoms with van der Waals surface area (Å²) in [4.78, 5) is 11.9. The molecule has 1 atom stereocenters. The molecule has 1 aromatic rings. The highest BCUT2D eigenvalue weighted by Crippen LogP contribution is 2.23. The van der Waals surface area contributed by atoms with Crippen LogP contribution in [0.1, 0.15) is 18.9 Å². The summed E-state index contributed by atoms with van der Waals surface area (Å²) in [6, 6.07) is 5.37. The number of benzene rings is 1. The average molecular weight is 296 g/mol. The molecule has 0 aromatic heterocycles. The number of hydrogen-bond donors (Lipinski definition) is 2. The number of nitrogens with one attached hydrogen (secondary N) is 1. The zero-order valence-corrected chi connectivity index (χ0v) is 12.8. The average Bonchev–Trinajstić information content (AvgIpc) is 2.50. The van der Waals surface area contributed by atoms with E-state index >= 15 is 0 Å². The zero-order chi connectivity index (χ0) is 15.7. The Bertz CT molecular complexity index is 429. The third kappa shape index (κ3) is 6.01. The SMILES string of the molecule is COCCCNC(=O)C(C)Oc1cc(CN)cc(OC)c1. The Kier molecular flexibility index (Phi) is 7.56. The predicted octanol–water partition coefficient (Wildman–Crippen LogP) is 1.07. The lowest BCUT2D eigenvalue weighted by atomic mass is 10.2. The van der Waals surface area contributed by atoms with E-state index in [1.54, 1.807) is 33.3 Å². The van der Waals surface area contributed by atoms with Gasteiger partial charge in [-0.05, 0) is 31.0 Å². The van der Waals surface area contributed by atoms with Crippen LogP contribution in [0.5, 0.6) is 11.5 Å². The van der Waals surface area contributed by atoms with Gasteiger partial charge in [-0.25, -0.2) is 0 Å². The van der Waals surface area contributed by atoms with E-state index in [1.807, 2.05) is 6.07 Å². The van der Waals surface area contributed by atoms with E-state index in [2.05, 4.69) is 5.32 Å². The van der Waals surface area contributed by atoms with E-state index in [-0.39, 0.29) is 5.91 Å². The first kappa shape index (κ1) is 17.3. The molecule has 0 aliphatic rings. The predicted molar refractivity (Wildman–Crippen MR) is 80.5 cm³/mol. The molecule has 0 radical (unpaired) electrons. The topological polar surface area (TPSA) is 82.8 Å². The number of rotatable bonds is 9. The molecule has 0 heterocycles. The van der Waals surface area contributed by atoms with Crippen molar-refractivity contribution in [2.75, 3.05) is 27.4 Å². The highest BCUT2D eigenvalue weighted by Gasteiger charge is 2.14. The minimum Gasteiger partial charge on any atom is -0.497 e. The molecule has 3 N–H and O–H groups in total. The lowest BCUT2D eigenvalue weighted by Crippen LogP contribution is -2.37. The van der Waals surface area contributed by atoms with Gasteiger partial charge in [-0.2, -0.15) is 0 Å². The summed E-state index contributed by atoms with van der Waals surface area (Å²) in [5, 5.41) is 2.79. The van der Waals surface area contributed by atoms with Crippen LogP contribution in [0.4, 0.5) is 0 Å². The Labute approximate surface area is 125 Å². The number of methoxy groups -OCH3 is 2. The lowest BCUT2D eigenvalue weighted by molar-refractivity contribution is -0.127. The summed E-state index contributed by atoms with van der Waals surface area (Å²) in [6.07, 6.45) is 0.177. The molecule has 0 saturated carbocycles. The van der Waals surface area contributed by atoms with Gasteiger partial charge in [0.15, 0.2) is 6.10 Å². The smallest absolute Gasteiger partial charge is 0.260 e.